The molecule has 1 aromatic heterocycles. The fourth-order valence-electron chi connectivity index (χ4n) is 4.64. The van der Waals surface area contributed by atoms with Crippen LogP contribution in [0.25, 0.3) is 5.70 Å². The maximum atomic E-state index is 13.1. The van der Waals surface area contributed by atoms with E-state index in [2.05, 4.69) is 11.4 Å². The largest absolute Gasteiger partial charge is 0.493 e. The first-order chi connectivity index (χ1) is 16.5. The Balaban J connectivity index is 1.60. The highest BCUT2D eigenvalue weighted by molar-refractivity contribution is 5.93. The number of aryl methyl sites for hydroxylation is 1. The number of nitrogens with zero attached hydrogens (tertiary/aromatic N) is 2. The molecule has 1 aliphatic carbocycles. The Hall–Kier alpha value is -3.55. The molecule has 4 rings (SSSR count). The second kappa shape index (κ2) is 10.6. The number of hydrogen-bond donors (Lipinski definition) is 2. The van der Waals surface area contributed by atoms with Gasteiger partial charge in [-0.1, -0.05) is 12.2 Å². The molecule has 2 heterocycles. The van der Waals surface area contributed by atoms with Gasteiger partial charge in [-0.3, -0.25) is 9.59 Å². The third-order valence-electron chi connectivity index (χ3n) is 6.58. The third-order valence-corrected chi connectivity index (χ3v) is 6.58. The third kappa shape index (κ3) is 5.16. The minimum absolute atomic E-state index is 0.0272. The molecule has 0 radical (unpaired) electrons. The normalized spacial score (nSPS) is 22.7. The van der Waals surface area contributed by atoms with Gasteiger partial charge in [0.25, 0.3) is 5.91 Å². The molecule has 2 aromatic rings. The summed E-state index contributed by atoms with van der Waals surface area (Å²) in [5.74, 6) is 0.743. The number of methoxy groups -OCH3 is 2. The average molecular weight is 465 g/mol. The Morgan fingerprint density at radius 3 is 2.56 bits per heavy atom. The molecule has 3 N–H and O–H groups in total. The van der Waals surface area contributed by atoms with Crippen molar-refractivity contribution in [2.75, 3.05) is 14.2 Å². The van der Waals surface area contributed by atoms with E-state index in [0.717, 1.165) is 49.1 Å². The number of fused-ring (bicyclic) bond motifs is 1. The van der Waals surface area contributed by atoms with E-state index in [1.807, 2.05) is 41.1 Å². The summed E-state index contributed by atoms with van der Waals surface area (Å²) in [5.41, 5.74) is 8.56. The quantitative estimate of drug-likeness (QED) is 0.681. The molecule has 0 atom stereocenters. The second-order valence-corrected chi connectivity index (χ2v) is 8.80. The lowest BCUT2D eigenvalue weighted by Crippen LogP contribution is -2.39. The molecule has 0 bridgehead atoms. The lowest BCUT2D eigenvalue weighted by Gasteiger charge is -2.27. The molecule has 8 heteroatoms. The first-order valence-corrected chi connectivity index (χ1v) is 11.8. The van der Waals surface area contributed by atoms with Crippen LogP contribution in [-0.2, 0) is 11.2 Å². The number of benzene rings is 1. The highest BCUT2D eigenvalue weighted by Gasteiger charge is 2.27. The van der Waals surface area contributed by atoms with Gasteiger partial charge in [-0.2, -0.15) is 5.10 Å². The average Bonchev–Trinajstić information content (AvgIpc) is 3.29. The molecule has 1 aromatic carbocycles. The molecule has 180 valence electrons. The van der Waals surface area contributed by atoms with Gasteiger partial charge in [0.1, 0.15) is 0 Å². The van der Waals surface area contributed by atoms with Crippen molar-refractivity contribution in [3.8, 4) is 11.5 Å². The van der Waals surface area contributed by atoms with Crippen LogP contribution in [0.5, 0.6) is 11.5 Å². The summed E-state index contributed by atoms with van der Waals surface area (Å²) in [5, 5.41) is 7.81. The van der Waals surface area contributed by atoms with Crippen LogP contribution in [0, 0.1) is 5.92 Å². The van der Waals surface area contributed by atoms with Crippen LogP contribution in [0.1, 0.15) is 60.3 Å². The molecule has 8 nitrogen and oxygen atoms in total. The number of allylic oxidation sites excluding steroid dienone is 3. The lowest BCUT2D eigenvalue weighted by atomic mass is 9.85. The monoisotopic (exact) mass is 464 g/mol. The van der Waals surface area contributed by atoms with E-state index in [0.29, 0.717) is 30.0 Å². The van der Waals surface area contributed by atoms with Crippen molar-refractivity contribution in [1.82, 2.24) is 15.1 Å². The molecule has 34 heavy (non-hydrogen) atoms. The van der Waals surface area contributed by atoms with E-state index in [4.69, 9.17) is 20.3 Å². The van der Waals surface area contributed by atoms with E-state index in [-0.39, 0.29) is 23.8 Å². The standard InChI is InChI=1S/C26H32N4O4/c1-33-23-14-11-18(15-24(23)34-2)22-8-6-4-3-5-7-20-16-21(29-30(20)22)26(32)28-19-12-9-17(10-13-19)25(27)31/h4,6,8,11,14-17,19H,3,5,7,9-10,12-13H2,1-2H3,(H2,27,31)(H,28,32)/b6-4-,22-8-. The first kappa shape index (κ1) is 23.6. The highest BCUT2D eigenvalue weighted by Crippen LogP contribution is 2.32. The summed E-state index contributed by atoms with van der Waals surface area (Å²) in [6.45, 7) is 0. The summed E-state index contributed by atoms with van der Waals surface area (Å²) in [6.07, 6.45) is 11.8. The summed E-state index contributed by atoms with van der Waals surface area (Å²) in [6, 6.07) is 7.65. The summed E-state index contributed by atoms with van der Waals surface area (Å²) in [4.78, 5) is 24.5. The molecule has 0 unspecified atom stereocenters. The van der Waals surface area contributed by atoms with Crippen molar-refractivity contribution in [3.05, 3.63) is 59.4 Å². The molecule has 0 spiro atoms. The predicted octanol–water partition coefficient (Wildman–Crippen LogP) is 3.46. The fourth-order valence-corrected chi connectivity index (χ4v) is 4.64. The van der Waals surface area contributed by atoms with Gasteiger partial charge in [0.15, 0.2) is 17.2 Å². The van der Waals surface area contributed by atoms with Crippen LogP contribution in [-0.4, -0.2) is 41.9 Å². The topological polar surface area (TPSA) is 108 Å². The van der Waals surface area contributed by atoms with Crippen LogP contribution in [0.4, 0.5) is 0 Å². The van der Waals surface area contributed by atoms with E-state index in [9.17, 15) is 9.59 Å². The maximum absolute atomic E-state index is 13.1. The number of primary amides is 1. The molecule has 1 aliphatic heterocycles. The minimum atomic E-state index is -0.252. The van der Waals surface area contributed by atoms with Crippen molar-refractivity contribution in [1.29, 1.82) is 0 Å². The summed E-state index contributed by atoms with van der Waals surface area (Å²) < 4.78 is 12.7. The van der Waals surface area contributed by atoms with Crippen LogP contribution < -0.4 is 20.5 Å². The van der Waals surface area contributed by atoms with Crippen molar-refractivity contribution in [2.45, 2.75) is 51.0 Å². The number of ether oxygens (including phenoxy) is 2. The number of carbonyl (C=O) groups excluding carboxylic acids is 2. The van der Waals surface area contributed by atoms with Gasteiger partial charge < -0.3 is 20.5 Å². The Labute approximate surface area is 199 Å². The van der Waals surface area contributed by atoms with Crippen LogP contribution >= 0.6 is 0 Å². The van der Waals surface area contributed by atoms with Crippen molar-refractivity contribution >= 4 is 17.5 Å². The van der Waals surface area contributed by atoms with Crippen molar-refractivity contribution in [3.63, 3.8) is 0 Å². The predicted molar refractivity (Wildman–Crippen MR) is 130 cm³/mol. The van der Waals surface area contributed by atoms with E-state index in [1.165, 1.54) is 0 Å². The molecular weight excluding hydrogens is 432 g/mol. The Bertz CT molecular complexity index is 1110. The van der Waals surface area contributed by atoms with E-state index < -0.39 is 0 Å². The lowest BCUT2D eigenvalue weighted by molar-refractivity contribution is -0.122. The molecule has 2 aliphatic rings. The molecule has 1 fully saturated rings. The Morgan fingerprint density at radius 2 is 1.85 bits per heavy atom. The molecule has 0 saturated heterocycles. The van der Waals surface area contributed by atoms with Gasteiger partial charge in [0.05, 0.1) is 19.9 Å². The van der Waals surface area contributed by atoms with E-state index in [1.54, 1.807) is 14.2 Å². The zero-order valence-corrected chi connectivity index (χ0v) is 19.8. The molecule has 2 amide bonds. The summed E-state index contributed by atoms with van der Waals surface area (Å²) in [7, 11) is 3.22. The maximum Gasteiger partial charge on any atom is 0.272 e. The van der Waals surface area contributed by atoms with E-state index >= 15 is 0 Å². The summed E-state index contributed by atoms with van der Waals surface area (Å²) >= 11 is 0. The number of nitrogens with two attached hydrogens (primary N) is 1. The van der Waals surface area contributed by atoms with Crippen LogP contribution in [0.15, 0.2) is 42.5 Å². The number of rotatable bonds is 6. The van der Waals surface area contributed by atoms with Gasteiger partial charge in [-0.25, -0.2) is 4.68 Å². The number of hydrogen-bond acceptors (Lipinski definition) is 5. The highest BCUT2D eigenvalue weighted by atomic mass is 16.5. The van der Waals surface area contributed by atoms with Gasteiger partial charge in [0, 0.05) is 23.2 Å². The van der Waals surface area contributed by atoms with Crippen LogP contribution in [0.3, 0.4) is 0 Å². The number of amides is 2. The van der Waals surface area contributed by atoms with Crippen LogP contribution in [0.2, 0.25) is 0 Å². The zero-order chi connectivity index (χ0) is 24.1. The van der Waals surface area contributed by atoms with Gasteiger partial charge in [-0.05, 0) is 75.3 Å². The Kier molecular flexibility index (Phi) is 7.35. The van der Waals surface area contributed by atoms with Crippen molar-refractivity contribution < 1.29 is 19.1 Å². The zero-order valence-electron chi connectivity index (χ0n) is 19.8. The number of nitrogens with one attached hydrogen (secondary N) is 1. The molecule has 1 saturated carbocycles. The van der Waals surface area contributed by atoms with Gasteiger partial charge in [0.2, 0.25) is 5.91 Å². The number of aromatic nitrogens is 2. The molecular formula is C26H32N4O4. The minimum Gasteiger partial charge on any atom is -0.493 e. The first-order valence-electron chi connectivity index (χ1n) is 11.8. The number of carbonyl (C=O) groups is 2. The second-order valence-electron chi connectivity index (χ2n) is 8.80. The van der Waals surface area contributed by atoms with Gasteiger partial charge >= 0.3 is 0 Å². The Morgan fingerprint density at radius 1 is 1.09 bits per heavy atom. The van der Waals surface area contributed by atoms with Crippen molar-refractivity contribution in [2.24, 2.45) is 11.7 Å². The smallest absolute Gasteiger partial charge is 0.272 e. The fraction of sp³-hybridized carbons (Fsp3) is 0.423. The van der Waals surface area contributed by atoms with Gasteiger partial charge in [-0.15, -0.1) is 0 Å². The SMILES string of the molecule is COc1ccc(/C2=C/C=C\CCCc3cc(C(=O)NC4CCC(C(N)=O)CC4)nn32)cc1OC.